The summed E-state index contributed by atoms with van der Waals surface area (Å²) in [5.74, 6) is -1.52. The number of carboxylic acid groups (broad SMARTS) is 1. The zero-order chi connectivity index (χ0) is 11.3. The average Bonchev–Trinajstić information content (AvgIpc) is 2.26. The van der Waals surface area contributed by atoms with Gasteiger partial charge in [0.2, 0.25) is 0 Å². The molecule has 1 aromatic rings. The van der Waals surface area contributed by atoms with Crippen molar-refractivity contribution >= 4 is 24.4 Å². The van der Waals surface area contributed by atoms with E-state index in [1.807, 2.05) is 0 Å². The number of nitrogens with one attached hydrogen (secondary N) is 1. The summed E-state index contributed by atoms with van der Waals surface area (Å²) in [4.78, 5) is 22.5. The predicted molar refractivity (Wildman–Crippen MR) is 59.2 cm³/mol. The summed E-state index contributed by atoms with van der Waals surface area (Å²) in [6.45, 7) is 0. The van der Waals surface area contributed by atoms with Crippen molar-refractivity contribution in [1.82, 2.24) is 5.32 Å². The van der Waals surface area contributed by atoms with Gasteiger partial charge in [0.05, 0.1) is 0 Å². The molecular formula is C10H11NO3S. The number of Topliss-reactive ketones (excluding diaryl/α,β-unsaturated/α-hetero) is 1. The zero-order valence-corrected chi connectivity index (χ0v) is 8.78. The molecule has 80 valence electrons. The SMILES string of the molecule is O=C(O)[C@@H](NCS)C(=O)c1ccccc1. The molecule has 0 bridgehead atoms. The van der Waals surface area contributed by atoms with Gasteiger partial charge in [-0.15, -0.1) is 0 Å². The summed E-state index contributed by atoms with van der Waals surface area (Å²) >= 11 is 3.83. The van der Waals surface area contributed by atoms with Gasteiger partial charge in [-0.25, -0.2) is 0 Å². The number of hydrogen-bond donors (Lipinski definition) is 3. The Bertz CT molecular complexity index is 353. The molecule has 0 saturated heterocycles. The molecule has 0 aliphatic rings. The summed E-state index contributed by atoms with van der Waals surface area (Å²) in [7, 11) is 0. The molecule has 0 spiro atoms. The van der Waals surface area contributed by atoms with Crippen LogP contribution >= 0.6 is 12.6 Å². The second kappa shape index (κ2) is 5.53. The van der Waals surface area contributed by atoms with Gasteiger partial charge in [0.25, 0.3) is 0 Å². The van der Waals surface area contributed by atoms with E-state index < -0.39 is 17.8 Å². The Kier molecular flexibility index (Phi) is 4.33. The number of ketones is 1. The highest BCUT2D eigenvalue weighted by Gasteiger charge is 2.25. The second-order valence-electron chi connectivity index (χ2n) is 2.86. The van der Waals surface area contributed by atoms with Crippen LogP contribution in [0.2, 0.25) is 0 Å². The minimum absolute atomic E-state index is 0.134. The lowest BCUT2D eigenvalue weighted by Gasteiger charge is -2.11. The maximum Gasteiger partial charge on any atom is 0.328 e. The number of benzene rings is 1. The fourth-order valence-electron chi connectivity index (χ4n) is 1.15. The predicted octanol–water partition coefficient (Wildman–Crippen LogP) is 0.799. The number of carbonyl (C=O) groups is 2. The topological polar surface area (TPSA) is 66.4 Å². The summed E-state index contributed by atoms with van der Waals surface area (Å²) in [5.41, 5.74) is 0.374. The van der Waals surface area contributed by atoms with Crippen molar-refractivity contribution in [2.45, 2.75) is 6.04 Å². The second-order valence-corrected chi connectivity index (χ2v) is 3.18. The van der Waals surface area contributed by atoms with Crippen LogP contribution in [0.4, 0.5) is 0 Å². The van der Waals surface area contributed by atoms with Crippen LogP contribution in [0.3, 0.4) is 0 Å². The van der Waals surface area contributed by atoms with Crippen molar-refractivity contribution in [1.29, 1.82) is 0 Å². The maximum atomic E-state index is 11.7. The number of thiol groups is 1. The van der Waals surface area contributed by atoms with Crippen LogP contribution in [-0.2, 0) is 4.79 Å². The van der Waals surface area contributed by atoms with Gasteiger partial charge in [0, 0.05) is 11.4 Å². The highest BCUT2D eigenvalue weighted by molar-refractivity contribution is 7.80. The Labute approximate surface area is 92.7 Å². The Morgan fingerprint density at radius 1 is 1.33 bits per heavy atom. The molecule has 0 amide bonds. The molecule has 0 fully saturated rings. The molecule has 1 rings (SSSR count). The van der Waals surface area contributed by atoms with Gasteiger partial charge in [-0.1, -0.05) is 30.3 Å². The van der Waals surface area contributed by atoms with Crippen LogP contribution in [0.1, 0.15) is 10.4 Å². The molecule has 4 nitrogen and oxygen atoms in total. The highest BCUT2D eigenvalue weighted by Crippen LogP contribution is 2.03. The van der Waals surface area contributed by atoms with Crippen LogP contribution in [0, 0.1) is 0 Å². The first kappa shape index (κ1) is 11.7. The molecular weight excluding hydrogens is 214 g/mol. The fraction of sp³-hybridized carbons (Fsp3) is 0.200. The number of hydrogen-bond acceptors (Lipinski definition) is 4. The van der Waals surface area contributed by atoms with E-state index in [4.69, 9.17) is 5.11 Å². The van der Waals surface area contributed by atoms with Gasteiger partial charge in [-0.05, 0) is 0 Å². The molecule has 0 heterocycles. The Balaban J connectivity index is 2.86. The monoisotopic (exact) mass is 225 g/mol. The molecule has 2 N–H and O–H groups in total. The average molecular weight is 225 g/mol. The van der Waals surface area contributed by atoms with E-state index in [1.165, 1.54) is 0 Å². The number of carbonyl (C=O) groups excluding carboxylic acids is 1. The molecule has 0 saturated carbocycles. The van der Waals surface area contributed by atoms with Crippen molar-refractivity contribution in [3.05, 3.63) is 35.9 Å². The third-order valence-corrected chi connectivity index (χ3v) is 2.05. The molecule has 1 aromatic carbocycles. The van der Waals surface area contributed by atoms with E-state index >= 15 is 0 Å². The van der Waals surface area contributed by atoms with Crippen LogP contribution in [-0.4, -0.2) is 28.8 Å². The summed E-state index contributed by atoms with van der Waals surface area (Å²) in [5, 5.41) is 11.3. The number of carboxylic acids is 1. The van der Waals surface area contributed by atoms with E-state index in [0.29, 0.717) is 5.56 Å². The van der Waals surface area contributed by atoms with Gasteiger partial charge in [0.15, 0.2) is 11.8 Å². The quantitative estimate of drug-likeness (QED) is 0.300. The molecule has 0 aliphatic heterocycles. The van der Waals surface area contributed by atoms with Gasteiger partial charge < -0.3 is 5.11 Å². The van der Waals surface area contributed by atoms with E-state index in [0.717, 1.165) is 0 Å². The first-order valence-corrected chi connectivity index (χ1v) is 4.96. The van der Waals surface area contributed by atoms with E-state index in [1.54, 1.807) is 30.3 Å². The lowest BCUT2D eigenvalue weighted by atomic mass is 10.0. The van der Waals surface area contributed by atoms with Gasteiger partial charge in [-0.2, -0.15) is 12.6 Å². The zero-order valence-electron chi connectivity index (χ0n) is 7.88. The lowest BCUT2D eigenvalue weighted by molar-refractivity contribution is -0.137. The standard InChI is InChI=1S/C10H11NO3S/c12-9(7-4-2-1-3-5-7)8(10(13)14)11-6-15/h1-5,8,11,15H,6H2,(H,13,14)/t8-/m0/s1. The van der Waals surface area contributed by atoms with Gasteiger partial charge in [0.1, 0.15) is 0 Å². The summed E-state index contributed by atoms with van der Waals surface area (Å²) in [6, 6.07) is 7.07. The highest BCUT2D eigenvalue weighted by atomic mass is 32.1. The third-order valence-electron chi connectivity index (χ3n) is 1.86. The molecule has 1 atom stereocenters. The minimum Gasteiger partial charge on any atom is -0.480 e. The van der Waals surface area contributed by atoms with Crippen LogP contribution in [0.15, 0.2) is 30.3 Å². The fourth-order valence-corrected chi connectivity index (χ4v) is 1.34. The molecule has 0 aromatic heterocycles. The van der Waals surface area contributed by atoms with E-state index in [9.17, 15) is 9.59 Å². The van der Waals surface area contributed by atoms with Crippen molar-refractivity contribution in [2.24, 2.45) is 0 Å². The van der Waals surface area contributed by atoms with Gasteiger partial charge >= 0.3 is 5.97 Å². The first-order chi connectivity index (χ1) is 7.16. The third kappa shape index (κ3) is 3.07. The smallest absolute Gasteiger partial charge is 0.328 e. The number of aliphatic carboxylic acids is 1. The first-order valence-electron chi connectivity index (χ1n) is 4.33. The normalized spacial score (nSPS) is 12.1. The molecule has 0 radical (unpaired) electrons. The molecule has 0 aliphatic carbocycles. The minimum atomic E-state index is -1.23. The summed E-state index contributed by atoms with van der Waals surface area (Å²) < 4.78 is 0. The number of rotatable bonds is 5. The van der Waals surface area contributed by atoms with Crippen molar-refractivity contribution in [2.75, 3.05) is 5.88 Å². The van der Waals surface area contributed by atoms with E-state index in [2.05, 4.69) is 17.9 Å². The van der Waals surface area contributed by atoms with E-state index in [-0.39, 0.29) is 5.88 Å². The Morgan fingerprint density at radius 2 is 1.93 bits per heavy atom. The van der Waals surface area contributed by atoms with Crippen LogP contribution in [0.5, 0.6) is 0 Å². The van der Waals surface area contributed by atoms with Crippen LogP contribution in [0.25, 0.3) is 0 Å². The Hall–Kier alpha value is -1.33. The van der Waals surface area contributed by atoms with Crippen LogP contribution < -0.4 is 5.32 Å². The lowest BCUT2D eigenvalue weighted by Crippen LogP contribution is -2.42. The maximum absolute atomic E-state index is 11.7. The largest absolute Gasteiger partial charge is 0.480 e. The van der Waals surface area contributed by atoms with Crippen molar-refractivity contribution in [3.8, 4) is 0 Å². The molecule has 15 heavy (non-hydrogen) atoms. The Morgan fingerprint density at radius 3 is 2.40 bits per heavy atom. The van der Waals surface area contributed by atoms with Crippen molar-refractivity contribution in [3.63, 3.8) is 0 Å². The summed E-state index contributed by atoms with van der Waals surface area (Å²) in [6.07, 6.45) is 0. The molecule has 5 heteroatoms. The van der Waals surface area contributed by atoms with Gasteiger partial charge in [-0.3, -0.25) is 14.9 Å². The molecule has 0 unspecified atom stereocenters. The van der Waals surface area contributed by atoms with Crippen molar-refractivity contribution < 1.29 is 14.7 Å².